The predicted molar refractivity (Wildman–Crippen MR) is 207 cm³/mol. The number of halogens is 4. The summed E-state index contributed by atoms with van der Waals surface area (Å²) in [6.45, 7) is 0.297. The van der Waals surface area contributed by atoms with E-state index in [4.69, 9.17) is 52.4 Å². The quantitative estimate of drug-likeness (QED) is 0.0706. The van der Waals surface area contributed by atoms with E-state index in [0.29, 0.717) is 44.5 Å². The Labute approximate surface area is 342 Å². The van der Waals surface area contributed by atoms with Crippen LogP contribution in [0.4, 0.5) is 8.78 Å². The molecule has 2 aromatic heterocycles. The number of rotatable bonds is 19. The predicted octanol–water partition coefficient (Wildman–Crippen LogP) is 5.35. The minimum absolute atomic E-state index is 0.00146. The summed E-state index contributed by atoms with van der Waals surface area (Å²) < 4.78 is 55.0. The molecule has 14 nitrogen and oxygen atoms in total. The van der Waals surface area contributed by atoms with Gasteiger partial charge in [0.2, 0.25) is 23.5 Å². The number of hydrogen-bond donors (Lipinski definition) is 6. The van der Waals surface area contributed by atoms with E-state index in [-0.39, 0.29) is 72.6 Å². The first-order chi connectivity index (χ1) is 27.8. The van der Waals surface area contributed by atoms with Crippen molar-refractivity contribution in [2.75, 3.05) is 27.3 Å². The zero-order valence-corrected chi connectivity index (χ0v) is 32.9. The normalized spacial score (nSPS) is 19.2. The maximum Gasteiger partial charge on any atom is 0.306 e. The molecule has 6 N–H and O–H groups in total. The molecule has 0 saturated carbocycles. The summed E-state index contributed by atoms with van der Waals surface area (Å²) in [6, 6.07) is 13.9. The number of carboxylic acid groups (broad SMARTS) is 2. The molecule has 0 bridgehead atoms. The SMILES string of the molecule is COc1nc(O[C@@H]2c3cccc(-c4cccc5c4C[C@@H](F)[C@@H]5Oc4nc(OC)c(CNCC(O)CC(=O)O)cc4Cl)c3C[C@H]2F)c(Cl)cc1CNCC(O)CC(=O)O. The average Bonchev–Trinajstić information content (AvgIpc) is 3.66. The van der Waals surface area contributed by atoms with Gasteiger partial charge in [0.1, 0.15) is 22.4 Å². The first-order valence-corrected chi connectivity index (χ1v) is 19.1. The van der Waals surface area contributed by atoms with Gasteiger partial charge in [-0.2, -0.15) is 9.97 Å². The van der Waals surface area contributed by atoms with Crippen LogP contribution in [0.2, 0.25) is 10.0 Å². The number of ether oxygens (including phenoxy) is 4. The van der Waals surface area contributed by atoms with Gasteiger partial charge in [-0.1, -0.05) is 59.6 Å². The number of carbonyl (C=O) groups is 2. The fourth-order valence-corrected chi connectivity index (χ4v) is 7.70. The van der Waals surface area contributed by atoms with Gasteiger partial charge >= 0.3 is 11.9 Å². The number of aromatic nitrogens is 2. The molecule has 2 heterocycles. The highest BCUT2D eigenvalue weighted by molar-refractivity contribution is 6.32. The van der Waals surface area contributed by atoms with E-state index < -0.39 is 61.5 Å². The third kappa shape index (κ3) is 9.71. The van der Waals surface area contributed by atoms with Gasteiger partial charge in [-0.15, -0.1) is 0 Å². The molecular formula is C40H42Cl2F2N4O10. The second kappa shape index (κ2) is 18.8. The van der Waals surface area contributed by atoms with Gasteiger partial charge in [0, 0.05) is 50.1 Å². The van der Waals surface area contributed by atoms with E-state index in [1.807, 2.05) is 12.1 Å². The summed E-state index contributed by atoms with van der Waals surface area (Å²) in [4.78, 5) is 30.5. The second-order valence-electron chi connectivity index (χ2n) is 13.9. The number of fused-ring (bicyclic) bond motifs is 2. The molecule has 2 aromatic carbocycles. The standard InChI is InChI=1S/C40H42Cl2F2N4O10/c1-55-37-19(15-45-17-21(49)11-33(51)52)9-29(41)39(47-37)57-35-25-7-3-5-23(27(25)13-31(35)43)24-6-4-8-26-28(24)14-32(44)36(26)58-40-30(42)10-20(38(48-40)56-2)16-46-18-22(50)12-34(53)54/h3-10,21-22,31-32,35-36,45-46,49-50H,11-18H2,1-2H3,(H,51,52)(H,53,54)/t21?,22?,31-,32-,35-,36-/m1/s1. The summed E-state index contributed by atoms with van der Waals surface area (Å²) in [7, 11) is 2.79. The fraction of sp³-hybridized carbons (Fsp3) is 0.400. The molecule has 2 aliphatic rings. The molecule has 0 saturated heterocycles. The largest absolute Gasteiger partial charge is 0.481 e. The second-order valence-corrected chi connectivity index (χ2v) is 14.7. The monoisotopic (exact) mass is 846 g/mol. The molecule has 2 unspecified atom stereocenters. The third-order valence-corrected chi connectivity index (χ3v) is 10.4. The number of aliphatic hydroxyl groups excluding tert-OH is 2. The molecular weight excluding hydrogens is 805 g/mol. The first kappa shape index (κ1) is 42.8. The number of alkyl halides is 2. The van der Waals surface area contributed by atoms with Crippen LogP contribution in [-0.2, 0) is 35.5 Å². The summed E-state index contributed by atoms with van der Waals surface area (Å²) in [5.41, 5.74) is 4.97. The van der Waals surface area contributed by atoms with Crippen molar-refractivity contribution >= 4 is 35.1 Å². The van der Waals surface area contributed by atoms with Crippen LogP contribution in [0, 0.1) is 0 Å². The molecule has 4 aromatic rings. The highest BCUT2D eigenvalue weighted by Gasteiger charge is 2.40. The van der Waals surface area contributed by atoms with E-state index in [0.717, 1.165) is 0 Å². The Morgan fingerprint density at radius 3 is 1.48 bits per heavy atom. The number of carboxylic acids is 2. The number of nitrogens with zero attached hydrogens (tertiary/aromatic N) is 2. The van der Waals surface area contributed by atoms with Crippen LogP contribution < -0.4 is 29.6 Å². The van der Waals surface area contributed by atoms with E-state index >= 15 is 8.78 Å². The van der Waals surface area contributed by atoms with Gasteiger partial charge in [-0.3, -0.25) is 9.59 Å². The Balaban J connectivity index is 1.20. The van der Waals surface area contributed by atoms with Crippen LogP contribution >= 0.6 is 23.2 Å². The van der Waals surface area contributed by atoms with Gasteiger partial charge in [0.05, 0.1) is 39.3 Å². The Morgan fingerprint density at radius 2 is 1.12 bits per heavy atom. The zero-order valence-electron chi connectivity index (χ0n) is 31.4. The number of benzene rings is 2. The minimum Gasteiger partial charge on any atom is -0.481 e. The number of pyridine rings is 2. The number of methoxy groups -OCH3 is 2. The summed E-state index contributed by atoms with van der Waals surface area (Å²) >= 11 is 13.1. The lowest BCUT2D eigenvalue weighted by Gasteiger charge is -2.20. The van der Waals surface area contributed by atoms with Crippen LogP contribution in [0.25, 0.3) is 11.1 Å². The van der Waals surface area contributed by atoms with Crippen LogP contribution in [0.3, 0.4) is 0 Å². The van der Waals surface area contributed by atoms with Crippen LogP contribution in [-0.4, -0.2) is 94.2 Å². The van der Waals surface area contributed by atoms with Crippen LogP contribution in [0.1, 0.15) is 58.4 Å². The van der Waals surface area contributed by atoms with Gasteiger partial charge < -0.3 is 50.0 Å². The highest BCUT2D eigenvalue weighted by atomic mass is 35.5. The lowest BCUT2D eigenvalue weighted by molar-refractivity contribution is -0.140. The molecule has 310 valence electrons. The number of aliphatic hydroxyl groups is 2. The molecule has 0 radical (unpaired) electrons. The van der Waals surface area contributed by atoms with Crippen molar-refractivity contribution in [1.82, 2.24) is 20.6 Å². The van der Waals surface area contributed by atoms with Crippen molar-refractivity contribution in [2.45, 2.75) is 75.5 Å². The van der Waals surface area contributed by atoms with Crippen molar-refractivity contribution in [3.05, 3.63) is 92.0 Å². The maximum absolute atomic E-state index is 16.0. The first-order valence-electron chi connectivity index (χ1n) is 18.3. The molecule has 6 atom stereocenters. The maximum atomic E-state index is 16.0. The van der Waals surface area contributed by atoms with Crippen molar-refractivity contribution < 1.29 is 57.7 Å². The topological polar surface area (TPSA) is 202 Å². The summed E-state index contributed by atoms with van der Waals surface area (Å²) in [5, 5.41) is 43.5. The van der Waals surface area contributed by atoms with Crippen molar-refractivity contribution in [3.8, 4) is 34.6 Å². The van der Waals surface area contributed by atoms with Crippen molar-refractivity contribution in [3.63, 3.8) is 0 Å². The molecule has 2 aliphatic carbocycles. The lowest BCUT2D eigenvalue weighted by Crippen LogP contribution is -2.28. The molecule has 0 fully saturated rings. The van der Waals surface area contributed by atoms with E-state index in [9.17, 15) is 19.8 Å². The molecule has 58 heavy (non-hydrogen) atoms. The van der Waals surface area contributed by atoms with Gasteiger partial charge in [-0.05, 0) is 45.5 Å². The smallest absolute Gasteiger partial charge is 0.306 e. The lowest BCUT2D eigenvalue weighted by atomic mass is 9.91. The van der Waals surface area contributed by atoms with Crippen LogP contribution in [0.15, 0.2) is 48.5 Å². The van der Waals surface area contributed by atoms with Gasteiger partial charge in [0.15, 0.2) is 12.2 Å². The highest BCUT2D eigenvalue weighted by Crippen LogP contribution is 2.47. The van der Waals surface area contributed by atoms with E-state index in [1.165, 1.54) is 14.2 Å². The molecule has 0 spiro atoms. The Hall–Kier alpha value is -4.84. The fourth-order valence-electron chi connectivity index (χ4n) is 7.27. The van der Waals surface area contributed by atoms with E-state index in [2.05, 4.69) is 20.6 Å². The molecule has 0 amide bonds. The summed E-state index contributed by atoms with van der Waals surface area (Å²) in [6.07, 6.45) is -8.13. The van der Waals surface area contributed by atoms with Gasteiger partial charge in [-0.25, -0.2) is 8.78 Å². The number of hydrogen-bond acceptors (Lipinski definition) is 12. The zero-order chi connectivity index (χ0) is 41.7. The average molecular weight is 848 g/mol. The van der Waals surface area contributed by atoms with Crippen LogP contribution in [0.5, 0.6) is 23.5 Å². The minimum atomic E-state index is -1.48. The van der Waals surface area contributed by atoms with Gasteiger partial charge in [0.25, 0.3) is 0 Å². The summed E-state index contributed by atoms with van der Waals surface area (Å²) in [5.74, 6) is -2.07. The Bertz CT molecular complexity index is 2000. The number of aliphatic carboxylic acids is 2. The molecule has 18 heteroatoms. The Morgan fingerprint density at radius 1 is 0.724 bits per heavy atom. The van der Waals surface area contributed by atoms with Crippen molar-refractivity contribution in [2.24, 2.45) is 0 Å². The van der Waals surface area contributed by atoms with E-state index in [1.54, 1.807) is 36.4 Å². The third-order valence-electron chi connectivity index (χ3n) is 9.82. The molecule has 6 rings (SSSR count). The van der Waals surface area contributed by atoms with Crippen molar-refractivity contribution in [1.29, 1.82) is 0 Å². The Kier molecular flexibility index (Phi) is 13.9. The molecule has 0 aliphatic heterocycles. The number of nitrogens with one attached hydrogen (secondary N) is 2.